The molecule has 0 radical (unpaired) electrons. The van der Waals surface area contributed by atoms with Gasteiger partial charge >= 0.3 is 0 Å². The van der Waals surface area contributed by atoms with Crippen LogP contribution in [0.5, 0.6) is 0 Å². The van der Waals surface area contributed by atoms with Crippen molar-refractivity contribution in [3.63, 3.8) is 0 Å². The van der Waals surface area contributed by atoms with Crippen molar-refractivity contribution in [2.75, 3.05) is 43.4 Å². The van der Waals surface area contributed by atoms with Crippen LogP contribution in [0.3, 0.4) is 0 Å². The largest absolute Gasteiger partial charge is 0.370 e. The summed E-state index contributed by atoms with van der Waals surface area (Å²) in [5, 5.41) is 6.36. The maximum atomic E-state index is 5.61. The molecule has 0 spiro atoms. The lowest BCUT2D eigenvalue weighted by Crippen LogP contribution is -2.43. The van der Waals surface area contributed by atoms with Crippen molar-refractivity contribution >= 4 is 17.3 Å². The zero-order chi connectivity index (χ0) is 12.1. The molecule has 0 bridgehead atoms. The van der Waals surface area contributed by atoms with Gasteiger partial charge in [0.1, 0.15) is 0 Å². The standard InChI is InChI=1S/C12H19N5/c1-14-12(13)16-10-2-4-11(5-3-10)17-8-6-15-7-9-17/h2-5,15H,6-9H2,1H3,(H3,13,14,16). The number of piperazine rings is 1. The number of benzene rings is 1. The van der Waals surface area contributed by atoms with E-state index in [1.165, 1.54) is 5.69 Å². The molecule has 1 aromatic carbocycles. The highest BCUT2D eigenvalue weighted by molar-refractivity contribution is 5.92. The van der Waals surface area contributed by atoms with Gasteiger partial charge in [0, 0.05) is 44.6 Å². The number of nitrogens with one attached hydrogen (secondary N) is 2. The average molecular weight is 233 g/mol. The number of hydrogen-bond acceptors (Lipinski definition) is 3. The minimum atomic E-state index is 0.430. The molecule has 5 heteroatoms. The van der Waals surface area contributed by atoms with Crippen LogP contribution in [0.4, 0.5) is 11.4 Å². The van der Waals surface area contributed by atoms with Crippen LogP contribution in [0.15, 0.2) is 29.3 Å². The molecule has 1 saturated heterocycles. The van der Waals surface area contributed by atoms with Crippen molar-refractivity contribution in [2.24, 2.45) is 10.7 Å². The molecular formula is C12H19N5. The first-order valence-corrected chi connectivity index (χ1v) is 5.84. The molecule has 5 nitrogen and oxygen atoms in total. The fourth-order valence-corrected chi connectivity index (χ4v) is 1.88. The van der Waals surface area contributed by atoms with E-state index in [-0.39, 0.29) is 0 Å². The van der Waals surface area contributed by atoms with Gasteiger partial charge in [-0.1, -0.05) is 0 Å². The molecular weight excluding hydrogens is 214 g/mol. The summed E-state index contributed by atoms with van der Waals surface area (Å²) in [7, 11) is 1.66. The van der Waals surface area contributed by atoms with Crippen LogP contribution in [-0.4, -0.2) is 39.2 Å². The van der Waals surface area contributed by atoms with Gasteiger partial charge in [0.05, 0.1) is 0 Å². The third-order valence-corrected chi connectivity index (χ3v) is 2.86. The first-order valence-electron chi connectivity index (χ1n) is 5.84. The van der Waals surface area contributed by atoms with Crippen LogP contribution < -0.4 is 21.3 Å². The number of nitrogens with zero attached hydrogens (tertiary/aromatic N) is 2. The lowest BCUT2D eigenvalue weighted by atomic mass is 10.2. The first kappa shape index (κ1) is 11.7. The van der Waals surface area contributed by atoms with Crippen molar-refractivity contribution in [1.82, 2.24) is 5.32 Å². The average Bonchev–Trinajstić information content (AvgIpc) is 2.40. The second-order valence-electron chi connectivity index (χ2n) is 4.02. The van der Waals surface area contributed by atoms with Gasteiger partial charge in [-0.05, 0) is 24.3 Å². The van der Waals surface area contributed by atoms with Gasteiger partial charge in [-0.2, -0.15) is 0 Å². The Morgan fingerprint density at radius 3 is 2.53 bits per heavy atom. The summed E-state index contributed by atoms with van der Waals surface area (Å²) in [4.78, 5) is 6.23. The summed E-state index contributed by atoms with van der Waals surface area (Å²) in [6.07, 6.45) is 0. The minimum Gasteiger partial charge on any atom is -0.370 e. The van der Waals surface area contributed by atoms with Gasteiger partial charge in [-0.3, -0.25) is 4.99 Å². The Labute approximate surface area is 102 Å². The van der Waals surface area contributed by atoms with Crippen LogP contribution in [0, 0.1) is 0 Å². The molecule has 1 aliphatic rings. The van der Waals surface area contributed by atoms with Gasteiger partial charge in [0.2, 0.25) is 0 Å². The highest BCUT2D eigenvalue weighted by Gasteiger charge is 2.09. The lowest BCUT2D eigenvalue weighted by molar-refractivity contribution is 0.589. The fourth-order valence-electron chi connectivity index (χ4n) is 1.88. The summed E-state index contributed by atoms with van der Waals surface area (Å²) in [6.45, 7) is 4.22. The van der Waals surface area contributed by atoms with Crippen molar-refractivity contribution in [3.8, 4) is 0 Å². The summed E-state index contributed by atoms with van der Waals surface area (Å²) >= 11 is 0. The summed E-state index contributed by atoms with van der Waals surface area (Å²) in [5.74, 6) is 0.430. The van der Waals surface area contributed by atoms with Gasteiger partial charge in [-0.15, -0.1) is 0 Å². The smallest absolute Gasteiger partial charge is 0.192 e. The lowest BCUT2D eigenvalue weighted by Gasteiger charge is -2.29. The molecule has 0 unspecified atom stereocenters. The quantitative estimate of drug-likeness (QED) is 0.512. The van der Waals surface area contributed by atoms with Gasteiger partial charge in [0.15, 0.2) is 5.96 Å². The minimum absolute atomic E-state index is 0.430. The molecule has 0 aliphatic carbocycles. The second kappa shape index (κ2) is 5.54. The highest BCUT2D eigenvalue weighted by atomic mass is 15.2. The van der Waals surface area contributed by atoms with Crippen LogP contribution in [-0.2, 0) is 0 Å². The molecule has 1 heterocycles. The summed E-state index contributed by atoms with van der Waals surface area (Å²) in [5.41, 5.74) is 7.82. The Kier molecular flexibility index (Phi) is 3.82. The van der Waals surface area contributed by atoms with Crippen molar-refractivity contribution < 1.29 is 0 Å². The van der Waals surface area contributed by atoms with E-state index in [1.54, 1.807) is 7.05 Å². The number of aliphatic imine (C=N–C) groups is 1. The topological polar surface area (TPSA) is 65.7 Å². The zero-order valence-corrected chi connectivity index (χ0v) is 10.1. The molecule has 92 valence electrons. The third-order valence-electron chi connectivity index (χ3n) is 2.86. The molecule has 0 atom stereocenters. The van der Waals surface area contributed by atoms with E-state index in [9.17, 15) is 0 Å². The maximum absolute atomic E-state index is 5.61. The fraction of sp³-hybridized carbons (Fsp3) is 0.417. The summed E-state index contributed by atoms with van der Waals surface area (Å²) in [6, 6.07) is 8.26. The van der Waals surface area contributed by atoms with Crippen molar-refractivity contribution in [2.45, 2.75) is 0 Å². The maximum Gasteiger partial charge on any atom is 0.192 e. The zero-order valence-electron chi connectivity index (χ0n) is 10.1. The Morgan fingerprint density at radius 1 is 1.29 bits per heavy atom. The van der Waals surface area contributed by atoms with Gasteiger partial charge in [0.25, 0.3) is 0 Å². The predicted octanol–water partition coefficient (Wildman–Crippen LogP) is 0.453. The molecule has 0 aromatic heterocycles. The molecule has 1 aromatic rings. The first-order chi connectivity index (χ1) is 8.29. The molecule has 1 aliphatic heterocycles. The Bertz CT molecular complexity index is 378. The van der Waals surface area contributed by atoms with Crippen molar-refractivity contribution in [1.29, 1.82) is 0 Å². The van der Waals surface area contributed by atoms with E-state index >= 15 is 0 Å². The van der Waals surface area contributed by atoms with E-state index < -0.39 is 0 Å². The SMILES string of the molecule is CN=C(N)Nc1ccc(N2CCNCC2)cc1. The second-order valence-corrected chi connectivity index (χ2v) is 4.02. The van der Waals surface area contributed by atoms with E-state index in [0.717, 1.165) is 31.9 Å². The Hall–Kier alpha value is -1.75. The molecule has 2 rings (SSSR count). The van der Waals surface area contributed by atoms with Gasteiger partial charge in [-0.25, -0.2) is 0 Å². The van der Waals surface area contributed by atoms with E-state index in [4.69, 9.17) is 5.73 Å². The third kappa shape index (κ3) is 3.10. The van der Waals surface area contributed by atoms with Crippen molar-refractivity contribution in [3.05, 3.63) is 24.3 Å². The highest BCUT2D eigenvalue weighted by Crippen LogP contribution is 2.18. The number of guanidine groups is 1. The molecule has 0 amide bonds. The molecule has 1 fully saturated rings. The molecule has 17 heavy (non-hydrogen) atoms. The number of rotatable bonds is 2. The van der Waals surface area contributed by atoms with Crippen LogP contribution in [0.1, 0.15) is 0 Å². The Morgan fingerprint density at radius 2 is 1.94 bits per heavy atom. The van der Waals surface area contributed by atoms with Crippen LogP contribution in [0.25, 0.3) is 0 Å². The number of nitrogens with two attached hydrogens (primary N) is 1. The predicted molar refractivity (Wildman–Crippen MR) is 72.7 cm³/mol. The van der Waals surface area contributed by atoms with E-state index in [2.05, 4.69) is 32.7 Å². The number of anilines is 2. The Balaban J connectivity index is 2.01. The van der Waals surface area contributed by atoms with E-state index in [1.807, 2.05) is 12.1 Å². The monoisotopic (exact) mass is 233 g/mol. The summed E-state index contributed by atoms with van der Waals surface area (Å²) < 4.78 is 0. The molecule has 4 N–H and O–H groups in total. The molecule has 0 saturated carbocycles. The van der Waals surface area contributed by atoms with Crippen LogP contribution in [0.2, 0.25) is 0 Å². The van der Waals surface area contributed by atoms with E-state index in [0.29, 0.717) is 5.96 Å². The van der Waals surface area contributed by atoms with Gasteiger partial charge < -0.3 is 21.3 Å². The number of hydrogen-bond donors (Lipinski definition) is 3. The normalized spacial score (nSPS) is 17.0. The van der Waals surface area contributed by atoms with Crippen LogP contribution >= 0.6 is 0 Å².